The Bertz CT molecular complexity index is 703. The number of benzene rings is 1. The molecule has 2 aromatic rings. The molecule has 6 nitrogen and oxygen atoms in total. The van der Waals surface area contributed by atoms with E-state index in [0.717, 1.165) is 41.0 Å². The van der Waals surface area contributed by atoms with Crippen molar-refractivity contribution in [2.75, 3.05) is 5.32 Å². The average molecular weight is 432 g/mol. The molecular formula is C14H15ClIN5O. The number of amides is 2. The molecule has 1 aliphatic heterocycles. The van der Waals surface area contributed by atoms with Crippen molar-refractivity contribution in [2.24, 2.45) is 0 Å². The minimum absolute atomic E-state index is 0.309. The SMILES string of the molecule is O=C(NCc1nnc2n1CCCC2)Nc1ccc(I)cc1Cl. The standard InChI is InChI=1S/C14H15ClIN5O/c15-10-7-9(16)4-5-11(10)18-14(22)17-8-13-20-19-12-3-1-2-6-21(12)13/h4-5,7H,1-3,6,8H2,(H2,17,18,22). The van der Waals surface area contributed by atoms with Crippen molar-refractivity contribution < 1.29 is 4.79 Å². The van der Waals surface area contributed by atoms with Crippen LogP contribution in [0.5, 0.6) is 0 Å². The van der Waals surface area contributed by atoms with Crippen molar-refractivity contribution in [1.29, 1.82) is 0 Å². The molecule has 1 aromatic heterocycles. The molecule has 0 bridgehead atoms. The Morgan fingerprint density at radius 1 is 1.36 bits per heavy atom. The summed E-state index contributed by atoms with van der Waals surface area (Å²) >= 11 is 8.26. The highest BCUT2D eigenvalue weighted by Gasteiger charge is 2.16. The second kappa shape index (κ2) is 6.82. The van der Waals surface area contributed by atoms with Crippen LogP contribution in [0.3, 0.4) is 0 Å². The molecule has 0 aliphatic carbocycles. The van der Waals surface area contributed by atoms with Crippen LogP contribution < -0.4 is 10.6 Å². The first-order chi connectivity index (χ1) is 10.6. The van der Waals surface area contributed by atoms with Crippen LogP contribution in [-0.2, 0) is 19.5 Å². The number of aryl methyl sites for hydroxylation is 1. The molecule has 0 atom stereocenters. The lowest BCUT2D eigenvalue weighted by atomic mass is 10.2. The fourth-order valence-electron chi connectivity index (χ4n) is 2.42. The Morgan fingerprint density at radius 2 is 2.23 bits per heavy atom. The lowest BCUT2D eigenvalue weighted by Crippen LogP contribution is -2.30. The maximum Gasteiger partial charge on any atom is 0.319 e. The summed E-state index contributed by atoms with van der Waals surface area (Å²) in [6.07, 6.45) is 3.23. The fraction of sp³-hybridized carbons (Fsp3) is 0.357. The molecule has 0 fully saturated rings. The van der Waals surface area contributed by atoms with Crippen LogP contribution in [-0.4, -0.2) is 20.8 Å². The van der Waals surface area contributed by atoms with Gasteiger partial charge in [-0.05, 0) is 53.6 Å². The lowest BCUT2D eigenvalue weighted by molar-refractivity contribution is 0.251. The van der Waals surface area contributed by atoms with E-state index in [1.807, 2.05) is 6.07 Å². The molecule has 0 saturated carbocycles. The van der Waals surface area contributed by atoms with Gasteiger partial charge in [0.25, 0.3) is 0 Å². The van der Waals surface area contributed by atoms with Gasteiger partial charge in [-0.3, -0.25) is 0 Å². The van der Waals surface area contributed by atoms with Gasteiger partial charge in [0.05, 0.1) is 17.3 Å². The molecule has 0 spiro atoms. The van der Waals surface area contributed by atoms with Crippen molar-refractivity contribution in [1.82, 2.24) is 20.1 Å². The van der Waals surface area contributed by atoms with Crippen LogP contribution >= 0.6 is 34.2 Å². The first-order valence-corrected chi connectivity index (χ1v) is 8.50. The molecule has 1 aliphatic rings. The van der Waals surface area contributed by atoms with Crippen molar-refractivity contribution >= 4 is 45.9 Å². The summed E-state index contributed by atoms with van der Waals surface area (Å²) in [4.78, 5) is 12.0. The number of rotatable bonds is 3. The van der Waals surface area contributed by atoms with E-state index in [1.165, 1.54) is 0 Å². The first-order valence-electron chi connectivity index (χ1n) is 7.04. The zero-order chi connectivity index (χ0) is 15.5. The Morgan fingerprint density at radius 3 is 3.05 bits per heavy atom. The van der Waals surface area contributed by atoms with E-state index in [4.69, 9.17) is 11.6 Å². The van der Waals surface area contributed by atoms with E-state index < -0.39 is 0 Å². The third-order valence-corrected chi connectivity index (χ3v) is 4.51. The zero-order valence-electron chi connectivity index (χ0n) is 11.8. The summed E-state index contributed by atoms with van der Waals surface area (Å²) in [6.45, 7) is 1.27. The number of anilines is 1. The average Bonchev–Trinajstić information content (AvgIpc) is 2.91. The van der Waals surface area contributed by atoms with E-state index in [9.17, 15) is 4.79 Å². The Kier molecular flexibility index (Phi) is 4.82. The topological polar surface area (TPSA) is 71.8 Å². The highest BCUT2D eigenvalue weighted by molar-refractivity contribution is 14.1. The maximum atomic E-state index is 12.0. The Hall–Kier alpha value is -1.35. The van der Waals surface area contributed by atoms with Crippen molar-refractivity contribution in [3.63, 3.8) is 0 Å². The molecular weight excluding hydrogens is 417 g/mol. The molecule has 2 heterocycles. The maximum absolute atomic E-state index is 12.0. The Balaban J connectivity index is 1.59. The van der Waals surface area contributed by atoms with Gasteiger partial charge in [0.2, 0.25) is 0 Å². The minimum atomic E-state index is -0.309. The fourth-order valence-corrected chi connectivity index (χ4v) is 3.32. The van der Waals surface area contributed by atoms with Crippen LogP contribution in [0.2, 0.25) is 5.02 Å². The number of halogens is 2. The number of fused-ring (bicyclic) bond motifs is 1. The van der Waals surface area contributed by atoms with Gasteiger partial charge in [0.1, 0.15) is 5.82 Å². The Labute approximate surface area is 146 Å². The van der Waals surface area contributed by atoms with Gasteiger partial charge < -0.3 is 15.2 Å². The smallest absolute Gasteiger partial charge is 0.319 e. The molecule has 116 valence electrons. The summed E-state index contributed by atoms with van der Waals surface area (Å²) < 4.78 is 3.10. The number of hydrogen-bond donors (Lipinski definition) is 2. The highest BCUT2D eigenvalue weighted by Crippen LogP contribution is 2.23. The quantitative estimate of drug-likeness (QED) is 0.733. The second-order valence-electron chi connectivity index (χ2n) is 5.07. The molecule has 2 amide bonds. The predicted molar refractivity (Wildman–Crippen MR) is 93.0 cm³/mol. The van der Waals surface area contributed by atoms with Crippen molar-refractivity contribution in [3.05, 3.63) is 38.4 Å². The van der Waals surface area contributed by atoms with Crippen LogP contribution in [0.1, 0.15) is 24.5 Å². The van der Waals surface area contributed by atoms with Crippen molar-refractivity contribution in [2.45, 2.75) is 32.4 Å². The normalized spacial score (nSPS) is 13.5. The largest absolute Gasteiger partial charge is 0.331 e. The summed E-state index contributed by atoms with van der Waals surface area (Å²) in [5.41, 5.74) is 0.586. The van der Waals surface area contributed by atoms with Gasteiger partial charge in [0.15, 0.2) is 5.82 Å². The molecule has 3 rings (SSSR count). The van der Waals surface area contributed by atoms with E-state index >= 15 is 0 Å². The van der Waals surface area contributed by atoms with Gasteiger partial charge >= 0.3 is 6.03 Å². The van der Waals surface area contributed by atoms with Gasteiger partial charge in [-0.2, -0.15) is 0 Å². The molecule has 0 saturated heterocycles. The van der Waals surface area contributed by atoms with Gasteiger partial charge in [-0.15, -0.1) is 10.2 Å². The number of nitrogens with one attached hydrogen (secondary N) is 2. The van der Waals surface area contributed by atoms with Crippen LogP contribution in [0.15, 0.2) is 18.2 Å². The molecule has 2 N–H and O–H groups in total. The molecule has 0 unspecified atom stereocenters. The third-order valence-electron chi connectivity index (χ3n) is 3.52. The van der Waals surface area contributed by atoms with Crippen molar-refractivity contribution in [3.8, 4) is 0 Å². The van der Waals surface area contributed by atoms with Crippen LogP contribution in [0, 0.1) is 3.57 Å². The summed E-state index contributed by atoms with van der Waals surface area (Å²) in [6, 6.07) is 5.16. The minimum Gasteiger partial charge on any atom is -0.331 e. The second-order valence-corrected chi connectivity index (χ2v) is 6.73. The number of hydrogen-bond acceptors (Lipinski definition) is 3. The molecule has 8 heteroatoms. The van der Waals surface area contributed by atoms with Crippen LogP contribution in [0.25, 0.3) is 0 Å². The van der Waals surface area contributed by atoms with Gasteiger partial charge in [-0.1, -0.05) is 11.6 Å². The molecule has 22 heavy (non-hydrogen) atoms. The van der Waals surface area contributed by atoms with Gasteiger partial charge in [-0.25, -0.2) is 4.79 Å². The number of nitrogens with zero attached hydrogens (tertiary/aromatic N) is 3. The number of carbonyl (C=O) groups is 1. The van der Waals surface area contributed by atoms with Gasteiger partial charge in [0, 0.05) is 16.5 Å². The third kappa shape index (κ3) is 3.52. The summed E-state index contributed by atoms with van der Waals surface area (Å²) in [7, 11) is 0. The zero-order valence-corrected chi connectivity index (χ0v) is 14.7. The van der Waals surface area contributed by atoms with Crippen LogP contribution in [0.4, 0.5) is 10.5 Å². The van der Waals surface area contributed by atoms with E-state index in [0.29, 0.717) is 17.3 Å². The number of aromatic nitrogens is 3. The number of urea groups is 1. The van der Waals surface area contributed by atoms with E-state index in [-0.39, 0.29) is 6.03 Å². The first kappa shape index (κ1) is 15.5. The lowest BCUT2D eigenvalue weighted by Gasteiger charge is -2.15. The predicted octanol–water partition coefficient (Wildman–Crippen LogP) is 3.19. The summed E-state index contributed by atoms with van der Waals surface area (Å²) in [5.74, 6) is 1.79. The van der Waals surface area contributed by atoms with E-state index in [1.54, 1.807) is 12.1 Å². The number of carbonyl (C=O) groups excluding carboxylic acids is 1. The van der Waals surface area contributed by atoms with E-state index in [2.05, 4.69) is 48.0 Å². The molecule has 1 aromatic carbocycles. The molecule has 0 radical (unpaired) electrons. The monoisotopic (exact) mass is 431 g/mol. The summed E-state index contributed by atoms with van der Waals surface area (Å²) in [5, 5.41) is 14.4. The highest BCUT2D eigenvalue weighted by atomic mass is 127.